The van der Waals surface area contributed by atoms with Gasteiger partial charge in [-0.3, -0.25) is 0 Å². The molecule has 2 aromatic rings. The number of hydrogen-bond donors (Lipinski definition) is 2. The molecule has 0 aromatic carbocycles. The summed E-state index contributed by atoms with van der Waals surface area (Å²) in [7, 11) is 0. The fraction of sp³-hybridized carbons (Fsp3) is 0.571. The normalized spacial score (nSPS) is 12.8. The number of fused-ring (bicyclic) bond motifs is 1. The molecule has 0 amide bonds. The lowest BCUT2D eigenvalue weighted by Gasteiger charge is -2.15. The lowest BCUT2D eigenvalue weighted by molar-refractivity contribution is 0.271. The molecule has 0 saturated carbocycles. The van der Waals surface area contributed by atoms with Gasteiger partial charge < -0.3 is 10.4 Å². The van der Waals surface area contributed by atoms with Crippen molar-refractivity contribution in [1.29, 1.82) is 0 Å². The fourth-order valence-corrected chi connectivity index (χ4v) is 2.91. The molecule has 0 radical (unpaired) electrons. The molecule has 0 aliphatic rings. The molecule has 2 rings (SSSR count). The number of rotatable bonds is 6. The van der Waals surface area contributed by atoms with Gasteiger partial charge in [0.2, 0.25) is 0 Å². The second-order valence-corrected chi connectivity index (χ2v) is 5.67. The predicted molar refractivity (Wildman–Crippen MR) is 81.0 cm³/mol. The van der Waals surface area contributed by atoms with E-state index in [0.717, 1.165) is 41.1 Å². The topological polar surface area (TPSA) is 58.0 Å². The van der Waals surface area contributed by atoms with Crippen LogP contribution in [0.1, 0.15) is 37.9 Å². The highest BCUT2D eigenvalue weighted by Gasteiger charge is 2.13. The van der Waals surface area contributed by atoms with Gasteiger partial charge in [-0.05, 0) is 18.9 Å². The van der Waals surface area contributed by atoms with Crippen LogP contribution >= 0.6 is 11.3 Å². The molecule has 19 heavy (non-hydrogen) atoms. The van der Waals surface area contributed by atoms with E-state index in [-0.39, 0.29) is 12.6 Å². The largest absolute Gasteiger partial charge is 0.394 e. The molecule has 1 atom stereocenters. The van der Waals surface area contributed by atoms with Crippen LogP contribution in [-0.4, -0.2) is 27.7 Å². The quantitative estimate of drug-likeness (QED) is 0.853. The van der Waals surface area contributed by atoms with E-state index in [4.69, 9.17) is 0 Å². The Morgan fingerprint density at radius 3 is 2.63 bits per heavy atom. The Morgan fingerprint density at radius 1 is 1.26 bits per heavy atom. The van der Waals surface area contributed by atoms with E-state index in [1.165, 1.54) is 4.88 Å². The van der Waals surface area contributed by atoms with Crippen molar-refractivity contribution in [2.75, 3.05) is 11.9 Å². The molecule has 2 N–H and O–H groups in total. The fourth-order valence-electron chi connectivity index (χ4n) is 1.93. The van der Waals surface area contributed by atoms with Gasteiger partial charge in [0.1, 0.15) is 16.5 Å². The van der Waals surface area contributed by atoms with E-state index in [9.17, 15) is 5.11 Å². The zero-order valence-electron chi connectivity index (χ0n) is 11.7. The van der Waals surface area contributed by atoms with Gasteiger partial charge in [-0.2, -0.15) is 0 Å². The number of hydrogen-bond acceptors (Lipinski definition) is 5. The minimum atomic E-state index is 0.0489. The van der Waals surface area contributed by atoms with Crippen LogP contribution < -0.4 is 5.32 Å². The van der Waals surface area contributed by atoms with Crippen LogP contribution in [-0.2, 0) is 12.8 Å². The van der Waals surface area contributed by atoms with Gasteiger partial charge in [-0.1, -0.05) is 20.8 Å². The first-order chi connectivity index (χ1) is 9.21. The van der Waals surface area contributed by atoms with Gasteiger partial charge in [-0.15, -0.1) is 11.3 Å². The molecule has 1 unspecified atom stereocenters. The predicted octanol–water partition coefficient (Wildman–Crippen LogP) is 3.00. The summed E-state index contributed by atoms with van der Waals surface area (Å²) >= 11 is 1.73. The van der Waals surface area contributed by atoms with Gasteiger partial charge in [0.25, 0.3) is 0 Å². The molecule has 0 bridgehead atoms. The third-order valence-electron chi connectivity index (χ3n) is 3.21. The standard InChI is InChI=1S/C14H21N3OS/c1-4-9(8-18)15-13-11-7-10(5-2)19-14(11)17-12(6-3)16-13/h7,9,18H,4-6,8H2,1-3H3,(H,15,16,17). The van der Waals surface area contributed by atoms with E-state index in [1.807, 2.05) is 0 Å². The van der Waals surface area contributed by atoms with E-state index < -0.39 is 0 Å². The molecule has 104 valence electrons. The summed E-state index contributed by atoms with van der Waals surface area (Å²) in [4.78, 5) is 11.5. The smallest absolute Gasteiger partial charge is 0.138 e. The van der Waals surface area contributed by atoms with Gasteiger partial charge >= 0.3 is 0 Å². The van der Waals surface area contributed by atoms with Crippen LogP contribution in [0.2, 0.25) is 0 Å². The molecular formula is C14H21N3OS. The summed E-state index contributed by atoms with van der Waals surface area (Å²) in [5, 5.41) is 13.7. The molecule has 0 aliphatic carbocycles. The molecule has 0 aliphatic heterocycles. The number of nitrogens with one attached hydrogen (secondary N) is 1. The van der Waals surface area contributed by atoms with E-state index >= 15 is 0 Å². The van der Waals surface area contributed by atoms with Crippen LogP contribution in [0.4, 0.5) is 5.82 Å². The zero-order chi connectivity index (χ0) is 13.8. The summed E-state index contributed by atoms with van der Waals surface area (Å²) in [6, 6.07) is 2.21. The SMILES string of the molecule is CCc1nc(NC(CC)CO)c2cc(CC)sc2n1. The highest BCUT2D eigenvalue weighted by atomic mass is 32.1. The second-order valence-electron chi connectivity index (χ2n) is 4.56. The van der Waals surface area contributed by atoms with Crippen molar-refractivity contribution in [1.82, 2.24) is 9.97 Å². The van der Waals surface area contributed by atoms with Gasteiger partial charge in [0, 0.05) is 11.3 Å². The first-order valence-electron chi connectivity index (χ1n) is 6.88. The number of aryl methyl sites for hydroxylation is 2. The maximum atomic E-state index is 9.33. The zero-order valence-corrected chi connectivity index (χ0v) is 12.5. The Morgan fingerprint density at radius 2 is 2.05 bits per heavy atom. The number of anilines is 1. The molecule has 0 spiro atoms. The van der Waals surface area contributed by atoms with Gasteiger partial charge in [0.15, 0.2) is 0 Å². The van der Waals surface area contributed by atoms with Crippen molar-refractivity contribution >= 4 is 27.4 Å². The number of aromatic nitrogens is 2. The summed E-state index contributed by atoms with van der Waals surface area (Å²) < 4.78 is 0. The van der Waals surface area contributed by atoms with Crippen molar-refractivity contribution in [2.45, 2.75) is 46.1 Å². The molecule has 0 fully saturated rings. The van der Waals surface area contributed by atoms with E-state index in [0.29, 0.717) is 0 Å². The average molecular weight is 279 g/mol. The number of thiophene rings is 1. The van der Waals surface area contributed by atoms with Crippen LogP contribution in [0, 0.1) is 0 Å². The van der Waals surface area contributed by atoms with Crippen molar-refractivity contribution < 1.29 is 5.11 Å². The monoisotopic (exact) mass is 279 g/mol. The average Bonchev–Trinajstić information content (AvgIpc) is 2.87. The maximum absolute atomic E-state index is 9.33. The maximum Gasteiger partial charge on any atom is 0.138 e. The van der Waals surface area contributed by atoms with Crippen LogP contribution in [0.25, 0.3) is 10.2 Å². The minimum absolute atomic E-state index is 0.0489. The first-order valence-corrected chi connectivity index (χ1v) is 7.70. The molecule has 0 saturated heterocycles. The van der Waals surface area contributed by atoms with Crippen LogP contribution in [0.15, 0.2) is 6.07 Å². The number of aliphatic hydroxyl groups is 1. The number of nitrogens with zero attached hydrogens (tertiary/aromatic N) is 2. The second kappa shape index (κ2) is 6.30. The lowest BCUT2D eigenvalue weighted by atomic mass is 10.2. The Hall–Kier alpha value is -1.20. The van der Waals surface area contributed by atoms with Crippen molar-refractivity contribution in [2.24, 2.45) is 0 Å². The number of aliphatic hydroxyl groups excluding tert-OH is 1. The Kier molecular flexibility index (Phi) is 4.71. The van der Waals surface area contributed by atoms with E-state index in [1.54, 1.807) is 11.3 Å². The summed E-state index contributed by atoms with van der Waals surface area (Å²) in [5.41, 5.74) is 0. The summed E-state index contributed by atoms with van der Waals surface area (Å²) in [6.45, 7) is 6.38. The van der Waals surface area contributed by atoms with Crippen molar-refractivity contribution in [3.05, 3.63) is 16.8 Å². The molecular weight excluding hydrogens is 258 g/mol. The Labute approximate surface area is 117 Å². The lowest BCUT2D eigenvalue weighted by Crippen LogP contribution is -2.23. The van der Waals surface area contributed by atoms with Gasteiger partial charge in [0.05, 0.1) is 18.0 Å². The molecule has 2 heterocycles. The third-order valence-corrected chi connectivity index (χ3v) is 4.38. The van der Waals surface area contributed by atoms with E-state index in [2.05, 4.69) is 42.1 Å². The minimum Gasteiger partial charge on any atom is -0.394 e. The Balaban J connectivity index is 2.46. The highest BCUT2D eigenvalue weighted by molar-refractivity contribution is 7.18. The van der Waals surface area contributed by atoms with Crippen LogP contribution in [0.5, 0.6) is 0 Å². The summed E-state index contributed by atoms with van der Waals surface area (Å²) in [5.74, 6) is 1.71. The highest BCUT2D eigenvalue weighted by Crippen LogP contribution is 2.29. The van der Waals surface area contributed by atoms with Crippen molar-refractivity contribution in [3.63, 3.8) is 0 Å². The summed E-state index contributed by atoms with van der Waals surface area (Å²) in [6.07, 6.45) is 2.70. The third kappa shape index (κ3) is 3.04. The van der Waals surface area contributed by atoms with Gasteiger partial charge in [-0.25, -0.2) is 9.97 Å². The molecule has 4 nitrogen and oxygen atoms in total. The van der Waals surface area contributed by atoms with Crippen molar-refractivity contribution in [3.8, 4) is 0 Å². The Bertz CT molecular complexity index is 549. The molecule has 5 heteroatoms. The van der Waals surface area contributed by atoms with Crippen LogP contribution in [0.3, 0.4) is 0 Å². The molecule has 2 aromatic heterocycles. The first kappa shape index (κ1) is 14.2.